The van der Waals surface area contributed by atoms with Gasteiger partial charge >= 0.3 is 0 Å². The Kier molecular flexibility index (Phi) is 6.48. The summed E-state index contributed by atoms with van der Waals surface area (Å²) in [5, 5.41) is 13.6. The van der Waals surface area contributed by atoms with E-state index in [1.165, 1.54) is 0 Å². The molecule has 98 valence electrons. The van der Waals surface area contributed by atoms with Gasteiger partial charge in [-0.2, -0.15) is 0 Å². The van der Waals surface area contributed by atoms with Crippen LogP contribution in [0.4, 0.5) is 0 Å². The smallest absolute Gasteiger partial charge is 0.223 e. The molecule has 0 saturated heterocycles. The fraction of sp³-hybridized carbons (Fsp3) is 0.500. The van der Waals surface area contributed by atoms with Gasteiger partial charge in [0.15, 0.2) is 0 Å². The maximum atomic E-state index is 11.8. The Balaban J connectivity index is 2.58. The summed E-state index contributed by atoms with van der Waals surface area (Å²) in [6.45, 7) is 4.42. The van der Waals surface area contributed by atoms with E-state index in [2.05, 4.69) is 17.2 Å². The van der Waals surface area contributed by atoms with Crippen LogP contribution in [-0.4, -0.2) is 17.6 Å². The van der Waals surface area contributed by atoms with Gasteiger partial charge in [0, 0.05) is 16.4 Å². The monoisotopic (exact) mass is 265 g/mol. The average Bonchev–Trinajstić information content (AvgIpc) is 2.82. The highest BCUT2D eigenvalue weighted by Gasteiger charge is 2.14. The summed E-state index contributed by atoms with van der Waals surface area (Å²) in [6, 6.07) is 1.91. The van der Waals surface area contributed by atoms with Gasteiger partial charge < -0.3 is 10.4 Å². The number of aliphatic hydroxyl groups excluding tert-OH is 1. The summed E-state index contributed by atoms with van der Waals surface area (Å²) in [4.78, 5) is 12.9. The number of aliphatic hydroxyl groups is 1. The van der Waals surface area contributed by atoms with Gasteiger partial charge in [-0.3, -0.25) is 4.79 Å². The molecule has 1 rings (SSSR count). The van der Waals surface area contributed by atoms with Crippen LogP contribution in [0.3, 0.4) is 0 Å². The highest BCUT2D eigenvalue weighted by molar-refractivity contribution is 7.10. The third-order valence-electron chi connectivity index (χ3n) is 2.83. The zero-order valence-corrected chi connectivity index (χ0v) is 11.6. The first-order valence-corrected chi connectivity index (χ1v) is 7.04. The number of nitrogens with one attached hydrogen (secondary N) is 1. The molecule has 2 N–H and O–H groups in total. The van der Waals surface area contributed by atoms with Gasteiger partial charge in [-0.05, 0) is 24.3 Å². The quantitative estimate of drug-likeness (QED) is 0.801. The third-order valence-corrected chi connectivity index (χ3v) is 3.75. The summed E-state index contributed by atoms with van der Waals surface area (Å²) < 4.78 is 0. The fourth-order valence-electron chi connectivity index (χ4n) is 1.69. The number of rotatable bonds is 5. The predicted molar refractivity (Wildman–Crippen MR) is 74.2 cm³/mol. The Labute approximate surface area is 112 Å². The van der Waals surface area contributed by atoms with Crippen molar-refractivity contribution in [1.29, 1.82) is 0 Å². The normalized spacial score (nSPS) is 10.0. The molecule has 1 aromatic heterocycles. The lowest BCUT2D eigenvalue weighted by Gasteiger charge is -2.12. The van der Waals surface area contributed by atoms with E-state index >= 15 is 0 Å². The van der Waals surface area contributed by atoms with Crippen molar-refractivity contribution >= 4 is 17.2 Å². The highest BCUT2D eigenvalue weighted by atomic mass is 32.1. The lowest BCUT2D eigenvalue weighted by molar-refractivity contribution is -0.125. The number of hydrogen-bond acceptors (Lipinski definition) is 3. The van der Waals surface area contributed by atoms with E-state index in [0.717, 1.165) is 23.3 Å². The molecule has 0 saturated carbocycles. The standard InChI is InChI=1S/C14H19NO2S/c1-3-11(4-2)14(17)15-10-13-12(6-5-8-16)7-9-18-13/h7,9,11,16H,3-4,8,10H2,1-2H3,(H,15,17). The summed E-state index contributed by atoms with van der Waals surface area (Å²) in [5.74, 6) is 5.71. The number of carbonyl (C=O) groups excluding carboxylic acids is 1. The number of hydrogen-bond donors (Lipinski definition) is 2. The van der Waals surface area contributed by atoms with E-state index < -0.39 is 0 Å². The molecule has 3 nitrogen and oxygen atoms in total. The minimum absolute atomic E-state index is 0.0944. The first kappa shape index (κ1) is 14.7. The lowest BCUT2D eigenvalue weighted by atomic mass is 10.0. The third kappa shape index (κ3) is 4.17. The van der Waals surface area contributed by atoms with Gasteiger partial charge in [0.25, 0.3) is 0 Å². The van der Waals surface area contributed by atoms with Crippen molar-refractivity contribution in [3.63, 3.8) is 0 Å². The Morgan fingerprint density at radius 3 is 2.83 bits per heavy atom. The number of carbonyl (C=O) groups is 1. The Morgan fingerprint density at radius 2 is 2.22 bits per heavy atom. The van der Waals surface area contributed by atoms with Crippen molar-refractivity contribution in [1.82, 2.24) is 5.32 Å². The fourth-order valence-corrected chi connectivity index (χ4v) is 2.46. The Morgan fingerprint density at radius 1 is 1.50 bits per heavy atom. The molecule has 4 heteroatoms. The maximum absolute atomic E-state index is 11.8. The minimum atomic E-state index is -0.143. The number of amides is 1. The van der Waals surface area contributed by atoms with Crippen LogP contribution in [0.5, 0.6) is 0 Å². The molecule has 0 fully saturated rings. The molecule has 1 aromatic rings. The Hall–Kier alpha value is -1.31. The second kappa shape index (κ2) is 7.91. The molecule has 1 heterocycles. The maximum Gasteiger partial charge on any atom is 0.223 e. The first-order valence-electron chi connectivity index (χ1n) is 6.16. The molecule has 0 unspecified atom stereocenters. The van der Waals surface area contributed by atoms with Gasteiger partial charge in [0.1, 0.15) is 6.61 Å². The van der Waals surface area contributed by atoms with E-state index in [0.29, 0.717) is 6.54 Å². The molecule has 1 amide bonds. The van der Waals surface area contributed by atoms with Gasteiger partial charge in [0.2, 0.25) is 5.91 Å². The van der Waals surface area contributed by atoms with E-state index in [1.807, 2.05) is 25.3 Å². The van der Waals surface area contributed by atoms with Crippen LogP contribution in [0.25, 0.3) is 0 Å². The van der Waals surface area contributed by atoms with Crippen LogP contribution < -0.4 is 5.32 Å². The van der Waals surface area contributed by atoms with E-state index in [9.17, 15) is 4.79 Å². The molecule has 0 aliphatic heterocycles. The molecule has 0 atom stereocenters. The second-order valence-electron chi connectivity index (χ2n) is 3.95. The van der Waals surface area contributed by atoms with Gasteiger partial charge in [-0.15, -0.1) is 11.3 Å². The molecule has 0 aromatic carbocycles. The van der Waals surface area contributed by atoms with Crippen LogP contribution in [0.1, 0.15) is 37.1 Å². The average molecular weight is 265 g/mol. The largest absolute Gasteiger partial charge is 0.384 e. The summed E-state index contributed by atoms with van der Waals surface area (Å²) in [6.07, 6.45) is 1.73. The number of thiophene rings is 1. The van der Waals surface area contributed by atoms with Gasteiger partial charge in [-0.1, -0.05) is 25.7 Å². The van der Waals surface area contributed by atoms with Crippen molar-refractivity contribution in [3.05, 3.63) is 21.9 Å². The van der Waals surface area contributed by atoms with Crippen LogP contribution >= 0.6 is 11.3 Å². The zero-order valence-electron chi connectivity index (χ0n) is 10.8. The molecule has 0 aliphatic carbocycles. The van der Waals surface area contributed by atoms with E-state index in [1.54, 1.807) is 11.3 Å². The molecule has 0 spiro atoms. The molecule has 0 aliphatic rings. The van der Waals surface area contributed by atoms with Crippen LogP contribution in [0.2, 0.25) is 0 Å². The van der Waals surface area contributed by atoms with Crippen molar-refractivity contribution in [3.8, 4) is 11.8 Å². The first-order chi connectivity index (χ1) is 8.72. The van der Waals surface area contributed by atoms with Crippen LogP contribution in [0.15, 0.2) is 11.4 Å². The van der Waals surface area contributed by atoms with Crippen molar-refractivity contribution < 1.29 is 9.90 Å². The van der Waals surface area contributed by atoms with Crippen LogP contribution in [0, 0.1) is 17.8 Å². The zero-order chi connectivity index (χ0) is 13.4. The summed E-state index contributed by atoms with van der Waals surface area (Å²) in [7, 11) is 0. The summed E-state index contributed by atoms with van der Waals surface area (Å²) >= 11 is 1.57. The SMILES string of the molecule is CCC(CC)C(=O)NCc1sccc1C#CCO. The van der Waals surface area contributed by atoms with Crippen LogP contribution in [-0.2, 0) is 11.3 Å². The topological polar surface area (TPSA) is 49.3 Å². The molecule has 0 bridgehead atoms. The highest BCUT2D eigenvalue weighted by Crippen LogP contribution is 2.16. The van der Waals surface area contributed by atoms with E-state index in [4.69, 9.17) is 5.11 Å². The molecular weight excluding hydrogens is 246 g/mol. The summed E-state index contributed by atoms with van der Waals surface area (Å²) in [5.41, 5.74) is 0.888. The van der Waals surface area contributed by atoms with E-state index in [-0.39, 0.29) is 18.4 Å². The van der Waals surface area contributed by atoms with Crippen molar-refractivity contribution in [2.45, 2.75) is 33.2 Å². The second-order valence-corrected chi connectivity index (χ2v) is 4.95. The van der Waals surface area contributed by atoms with Crippen molar-refractivity contribution in [2.75, 3.05) is 6.61 Å². The lowest BCUT2D eigenvalue weighted by Crippen LogP contribution is -2.29. The van der Waals surface area contributed by atoms with Gasteiger partial charge in [-0.25, -0.2) is 0 Å². The predicted octanol–water partition coefficient (Wildman–Crippen LogP) is 2.14. The molecular formula is C14H19NO2S. The van der Waals surface area contributed by atoms with Gasteiger partial charge in [0.05, 0.1) is 6.54 Å². The molecule has 0 radical (unpaired) electrons. The Bertz CT molecular complexity index is 438. The molecule has 18 heavy (non-hydrogen) atoms. The minimum Gasteiger partial charge on any atom is -0.384 e. The van der Waals surface area contributed by atoms with Crippen molar-refractivity contribution in [2.24, 2.45) is 5.92 Å².